The predicted octanol–water partition coefficient (Wildman–Crippen LogP) is 4.08. The van der Waals surface area contributed by atoms with Gasteiger partial charge in [0, 0.05) is 18.5 Å². The summed E-state index contributed by atoms with van der Waals surface area (Å²) in [6.45, 7) is 6.63. The molecule has 0 N–H and O–H groups in total. The fourth-order valence-electron chi connectivity index (χ4n) is 1.77. The Bertz CT molecular complexity index is 485. The fourth-order valence-corrected chi connectivity index (χ4v) is 5.09. The van der Waals surface area contributed by atoms with Crippen molar-refractivity contribution < 1.29 is 8.42 Å². The summed E-state index contributed by atoms with van der Waals surface area (Å²) in [6.07, 6.45) is 2.69. The zero-order chi connectivity index (χ0) is 14.5. The summed E-state index contributed by atoms with van der Waals surface area (Å²) in [5.74, 6) is 0.351. The van der Waals surface area contributed by atoms with Crippen molar-refractivity contribution in [3.8, 4) is 0 Å². The minimum absolute atomic E-state index is 0.0260. The highest BCUT2D eigenvalue weighted by atomic mass is 35.5. The van der Waals surface area contributed by atoms with E-state index in [1.54, 1.807) is 10.4 Å². The van der Waals surface area contributed by atoms with Gasteiger partial charge >= 0.3 is 0 Å². The Morgan fingerprint density at radius 1 is 1.42 bits per heavy atom. The van der Waals surface area contributed by atoms with Crippen LogP contribution in [0.2, 0.25) is 0 Å². The van der Waals surface area contributed by atoms with Gasteiger partial charge in [0.1, 0.15) is 4.21 Å². The van der Waals surface area contributed by atoms with Gasteiger partial charge in [-0.1, -0.05) is 20.3 Å². The summed E-state index contributed by atoms with van der Waals surface area (Å²) in [5.41, 5.74) is 0.866. The maximum Gasteiger partial charge on any atom is 0.252 e. The monoisotopic (exact) mass is 323 g/mol. The van der Waals surface area contributed by atoms with Crippen molar-refractivity contribution in [2.24, 2.45) is 0 Å². The highest BCUT2D eigenvalue weighted by Crippen LogP contribution is 2.27. The molecule has 110 valence electrons. The second-order valence-corrected chi connectivity index (χ2v) is 7.93. The van der Waals surface area contributed by atoms with Crippen LogP contribution in [0.4, 0.5) is 0 Å². The quantitative estimate of drug-likeness (QED) is 0.676. The number of halogens is 1. The molecule has 1 heterocycles. The van der Waals surface area contributed by atoms with E-state index < -0.39 is 10.0 Å². The first-order valence-corrected chi connectivity index (χ1v) is 9.48. The summed E-state index contributed by atoms with van der Waals surface area (Å²) in [5, 5.41) is 1.81. The molecule has 1 atom stereocenters. The Kier molecular flexibility index (Phi) is 6.80. The van der Waals surface area contributed by atoms with Gasteiger partial charge < -0.3 is 0 Å². The molecule has 0 saturated heterocycles. The van der Waals surface area contributed by atoms with Crippen molar-refractivity contribution in [1.82, 2.24) is 4.31 Å². The van der Waals surface area contributed by atoms with Crippen molar-refractivity contribution in [1.29, 1.82) is 0 Å². The van der Waals surface area contributed by atoms with E-state index in [1.807, 2.05) is 19.2 Å². The maximum absolute atomic E-state index is 12.7. The standard InChI is InChI=1S/C13H22ClNO2S2/c1-4-6-7-15(11(3)5-2)19(16,17)13-8-12(9-14)10-18-13/h8,10-11H,4-7,9H2,1-3H3. The van der Waals surface area contributed by atoms with Crippen LogP contribution in [0.3, 0.4) is 0 Å². The van der Waals surface area contributed by atoms with Gasteiger partial charge in [0.15, 0.2) is 0 Å². The molecular weight excluding hydrogens is 302 g/mol. The van der Waals surface area contributed by atoms with E-state index >= 15 is 0 Å². The molecule has 1 rings (SSSR count). The fraction of sp³-hybridized carbons (Fsp3) is 0.692. The van der Waals surface area contributed by atoms with Crippen LogP contribution in [0.25, 0.3) is 0 Å². The third-order valence-electron chi connectivity index (χ3n) is 3.16. The van der Waals surface area contributed by atoms with Crippen LogP contribution < -0.4 is 0 Å². The van der Waals surface area contributed by atoms with Crippen molar-refractivity contribution in [2.75, 3.05) is 6.54 Å². The van der Waals surface area contributed by atoms with E-state index in [9.17, 15) is 8.42 Å². The third kappa shape index (κ3) is 4.18. The molecular formula is C13H22ClNO2S2. The van der Waals surface area contributed by atoms with Gasteiger partial charge in [-0.05, 0) is 36.8 Å². The first-order chi connectivity index (χ1) is 8.97. The van der Waals surface area contributed by atoms with Crippen LogP contribution in [-0.2, 0) is 15.9 Å². The predicted molar refractivity (Wildman–Crippen MR) is 82.4 cm³/mol. The van der Waals surface area contributed by atoms with Crippen LogP contribution in [0.1, 0.15) is 45.6 Å². The van der Waals surface area contributed by atoms with Crippen LogP contribution in [0.5, 0.6) is 0 Å². The van der Waals surface area contributed by atoms with E-state index in [4.69, 9.17) is 11.6 Å². The number of sulfonamides is 1. The molecule has 0 aliphatic heterocycles. The average molecular weight is 324 g/mol. The first-order valence-electron chi connectivity index (χ1n) is 6.62. The highest BCUT2D eigenvalue weighted by Gasteiger charge is 2.28. The molecule has 0 aliphatic carbocycles. The Labute approximate surface area is 125 Å². The number of alkyl halides is 1. The molecule has 0 saturated carbocycles. The SMILES string of the molecule is CCCCN(C(C)CC)S(=O)(=O)c1cc(CCl)cs1. The maximum atomic E-state index is 12.7. The van der Waals surface area contributed by atoms with Crippen LogP contribution in [0, 0.1) is 0 Å². The molecule has 0 fully saturated rings. The zero-order valence-corrected chi connectivity index (χ0v) is 14.1. The molecule has 0 aromatic carbocycles. The topological polar surface area (TPSA) is 37.4 Å². The summed E-state index contributed by atoms with van der Waals surface area (Å²) in [6, 6.07) is 1.71. The van der Waals surface area contributed by atoms with E-state index in [0.29, 0.717) is 16.6 Å². The first kappa shape index (κ1) is 17.0. The Morgan fingerprint density at radius 2 is 2.11 bits per heavy atom. The largest absolute Gasteiger partial charge is 0.252 e. The van der Waals surface area contributed by atoms with Gasteiger partial charge in [0.2, 0.25) is 0 Å². The number of unbranched alkanes of at least 4 members (excludes halogenated alkanes) is 1. The van der Waals surface area contributed by atoms with E-state index in [1.165, 1.54) is 11.3 Å². The second kappa shape index (κ2) is 7.62. The summed E-state index contributed by atoms with van der Waals surface area (Å²) in [7, 11) is -3.38. The molecule has 0 bridgehead atoms. The molecule has 1 aromatic rings. The van der Waals surface area contributed by atoms with Gasteiger partial charge in [0.05, 0.1) is 0 Å². The van der Waals surface area contributed by atoms with Crippen LogP contribution in [-0.4, -0.2) is 25.3 Å². The lowest BCUT2D eigenvalue weighted by atomic mass is 10.2. The summed E-state index contributed by atoms with van der Waals surface area (Å²) in [4.78, 5) is 0. The normalized spacial score (nSPS) is 13.9. The molecule has 1 aromatic heterocycles. The second-order valence-electron chi connectivity index (χ2n) is 4.63. The number of nitrogens with zero attached hydrogens (tertiary/aromatic N) is 1. The molecule has 3 nitrogen and oxygen atoms in total. The van der Waals surface area contributed by atoms with Gasteiger partial charge in [-0.3, -0.25) is 0 Å². The molecule has 1 unspecified atom stereocenters. The average Bonchev–Trinajstić information content (AvgIpc) is 2.88. The Morgan fingerprint density at radius 3 is 2.58 bits per heavy atom. The minimum Gasteiger partial charge on any atom is -0.206 e. The molecule has 0 amide bonds. The lowest BCUT2D eigenvalue weighted by Gasteiger charge is -2.26. The van der Waals surface area contributed by atoms with E-state index in [0.717, 1.165) is 24.8 Å². The van der Waals surface area contributed by atoms with E-state index in [-0.39, 0.29) is 6.04 Å². The highest BCUT2D eigenvalue weighted by molar-refractivity contribution is 7.91. The summed E-state index contributed by atoms with van der Waals surface area (Å²) >= 11 is 7.00. The van der Waals surface area contributed by atoms with Gasteiger partial charge in [-0.2, -0.15) is 4.31 Å². The van der Waals surface area contributed by atoms with Crippen molar-refractivity contribution >= 4 is 33.0 Å². The molecule has 19 heavy (non-hydrogen) atoms. The van der Waals surface area contributed by atoms with Crippen molar-refractivity contribution in [3.63, 3.8) is 0 Å². The number of thiophene rings is 1. The molecule has 0 radical (unpaired) electrons. The van der Waals surface area contributed by atoms with E-state index in [2.05, 4.69) is 6.92 Å². The third-order valence-corrected chi connectivity index (χ3v) is 6.95. The van der Waals surface area contributed by atoms with Crippen LogP contribution >= 0.6 is 22.9 Å². The van der Waals surface area contributed by atoms with Gasteiger partial charge in [-0.15, -0.1) is 22.9 Å². The van der Waals surface area contributed by atoms with Gasteiger partial charge in [-0.25, -0.2) is 8.42 Å². The smallest absolute Gasteiger partial charge is 0.206 e. The molecule has 0 aliphatic rings. The van der Waals surface area contributed by atoms with Gasteiger partial charge in [0.25, 0.3) is 10.0 Å². The number of hydrogen-bond acceptors (Lipinski definition) is 3. The Hall–Kier alpha value is -0.100. The van der Waals surface area contributed by atoms with Crippen molar-refractivity contribution in [3.05, 3.63) is 17.0 Å². The molecule has 0 spiro atoms. The Balaban J connectivity index is 3.04. The summed E-state index contributed by atoms with van der Waals surface area (Å²) < 4.78 is 27.3. The lowest BCUT2D eigenvalue weighted by molar-refractivity contribution is 0.325. The number of rotatable bonds is 8. The minimum atomic E-state index is -3.38. The number of hydrogen-bond donors (Lipinski definition) is 0. The van der Waals surface area contributed by atoms with Crippen molar-refractivity contribution in [2.45, 2.75) is 56.2 Å². The molecule has 6 heteroatoms. The lowest BCUT2D eigenvalue weighted by Crippen LogP contribution is -2.38. The zero-order valence-electron chi connectivity index (χ0n) is 11.7. The van der Waals surface area contributed by atoms with Crippen LogP contribution in [0.15, 0.2) is 15.7 Å².